The zero-order valence-corrected chi connectivity index (χ0v) is 11.6. The molecular formula is C14H26N2O. The monoisotopic (exact) mass is 238 g/mol. The predicted octanol–water partition coefficient (Wildman–Crippen LogP) is 2.37. The van der Waals surface area contributed by atoms with Gasteiger partial charge in [0.1, 0.15) is 0 Å². The first-order chi connectivity index (χ1) is 8.06. The molecule has 1 aliphatic carbocycles. The Morgan fingerprint density at radius 3 is 2.47 bits per heavy atom. The van der Waals surface area contributed by atoms with E-state index >= 15 is 0 Å². The van der Waals surface area contributed by atoms with Crippen molar-refractivity contribution in [1.82, 2.24) is 10.2 Å². The highest BCUT2D eigenvalue weighted by Gasteiger charge is 2.45. The van der Waals surface area contributed by atoms with Crippen LogP contribution in [0.15, 0.2) is 0 Å². The zero-order valence-electron chi connectivity index (χ0n) is 11.6. The summed E-state index contributed by atoms with van der Waals surface area (Å²) in [7, 11) is 0. The number of nitrogens with zero attached hydrogens (tertiary/aromatic N) is 1. The van der Waals surface area contributed by atoms with Crippen LogP contribution in [-0.4, -0.2) is 29.1 Å². The van der Waals surface area contributed by atoms with Crippen LogP contribution in [0.2, 0.25) is 0 Å². The highest BCUT2D eigenvalue weighted by molar-refractivity contribution is 5.85. The van der Waals surface area contributed by atoms with Crippen LogP contribution in [0, 0.1) is 11.8 Å². The van der Waals surface area contributed by atoms with E-state index < -0.39 is 0 Å². The van der Waals surface area contributed by atoms with Crippen LogP contribution in [-0.2, 0) is 4.79 Å². The van der Waals surface area contributed by atoms with E-state index in [1.807, 2.05) is 0 Å². The first kappa shape index (κ1) is 12.9. The zero-order chi connectivity index (χ0) is 12.6. The van der Waals surface area contributed by atoms with Crippen molar-refractivity contribution in [1.29, 1.82) is 0 Å². The summed E-state index contributed by atoms with van der Waals surface area (Å²) in [4.78, 5) is 14.6. The van der Waals surface area contributed by atoms with Crippen LogP contribution in [0.3, 0.4) is 0 Å². The molecule has 1 heterocycles. The lowest BCUT2D eigenvalue weighted by Gasteiger charge is -2.30. The molecule has 2 fully saturated rings. The maximum atomic E-state index is 12.5. The van der Waals surface area contributed by atoms with Gasteiger partial charge in [0, 0.05) is 6.04 Å². The Hall–Kier alpha value is -0.570. The second kappa shape index (κ2) is 4.97. The average molecular weight is 238 g/mol. The molecule has 3 nitrogen and oxygen atoms in total. The van der Waals surface area contributed by atoms with Crippen molar-refractivity contribution >= 4 is 5.91 Å². The number of rotatable bonds is 5. The second-order valence-electron chi connectivity index (χ2n) is 6.02. The van der Waals surface area contributed by atoms with Crippen molar-refractivity contribution in [2.75, 3.05) is 0 Å². The first-order valence-electron chi connectivity index (χ1n) is 7.14. The van der Waals surface area contributed by atoms with Gasteiger partial charge in [-0.2, -0.15) is 0 Å². The van der Waals surface area contributed by atoms with Crippen molar-refractivity contribution in [2.24, 2.45) is 11.8 Å². The predicted molar refractivity (Wildman–Crippen MR) is 69.5 cm³/mol. The minimum absolute atomic E-state index is 0.0350. The van der Waals surface area contributed by atoms with Crippen LogP contribution < -0.4 is 5.32 Å². The van der Waals surface area contributed by atoms with Gasteiger partial charge in [-0.3, -0.25) is 10.1 Å². The van der Waals surface area contributed by atoms with Crippen LogP contribution >= 0.6 is 0 Å². The molecule has 0 spiro atoms. The smallest absolute Gasteiger partial charge is 0.241 e. The molecule has 1 amide bonds. The summed E-state index contributed by atoms with van der Waals surface area (Å²) in [6.45, 7) is 8.67. The second-order valence-corrected chi connectivity index (χ2v) is 6.02. The molecule has 1 saturated heterocycles. The molecule has 0 aromatic heterocycles. The lowest BCUT2D eigenvalue weighted by molar-refractivity contribution is -0.133. The fraction of sp³-hybridized carbons (Fsp3) is 0.929. The van der Waals surface area contributed by atoms with Gasteiger partial charge in [0.25, 0.3) is 0 Å². The van der Waals surface area contributed by atoms with E-state index in [-0.39, 0.29) is 12.2 Å². The van der Waals surface area contributed by atoms with E-state index in [9.17, 15) is 4.79 Å². The number of carbonyl (C=O) groups excluding carboxylic acids is 1. The third-order valence-electron chi connectivity index (χ3n) is 4.20. The lowest BCUT2D eigenvalue weighted by atomic mass is 10.0. The van der Waals surface area contributed by atoms with E-state index in [1.54, 1.807) is 0 Å². The fourth-order valence-electron chi connectivity index (χ4n) is 2.94. The van der Waals surface area contributed by atoms with E-state index in [4.69, 9.17) is 0 Å². The summed E-state index contributed by atoms with van der Waals surface area (Å²) >= 11 is 0. The largest absolute Gasteiger partial charge is 0.323 e. The summed E-state index contributed by atoms with van der Waals surface area (Å²) in [5.74, 6) is 1.47. The Balaban J connectivity index is 2.10. The number of carbonyl (C=O) groups is 1. The van der Waals surface area contributed by atoms with Gasteiger partial charge in [-0.1, -0.05) is 27.2 Å². The number of hydrogen-bond acceptors (Lipinski definition) is 2. The number of nitrogens with one attached hydrogen (secondary N) is 1. The molecule has 3 atom stereocenters. The van der Waals surface area contributed by atoms with E-state index in [0.29, 0.717) is 17.9 Å². The molecule has 0 bridgehead atoms. The molecule has 2 rings (SSSR count). The van der Waals surface area contributed by atoms with Crippen molar-refractivity contribution < 1.29 is 4.79 Å². The van der Waals surface area contributed by atoms with Gasteiger partial charge in [-0.05, 0) is 38.0 Å². The minimum Gasteiger partial charge on any atom is -0.323 e. The molecule has 1 aliphatic heterocycles. The van der Waals surface area contributed by atoms with E-state index in [0.717, 1.165) is 18.8 Å². The Morgan fingerprint density at radius 2 is 2.00 bits per heavy atom. The SMILES string of the molecule is CCCC1NC(C(C)C)C(=O)N1C(C)C1CC1. The maximum absolute atomic E-state index is 12.5. The summed E-state index contributed by atoms with van der Waals surface area (Å²) in [5, 5.41) is 3.53. The highest BCUT2D eigenvalue weighted by atomic mass is 16.2. The van der Waals surface area contributed by atoms with Gasteiger partial charge < -0.3 is 4.90 Å². The summed E-state index contributed by atoms with van der Waals surface area (Å²) < 4.78 is 0. The first-order valence-corrected chi connectivity index (χ1v) is 7.14. The Bertz CT molecular complexity index is 286. The highest BCUT2D eigenvalue weighted by Crippen LogP contribution is 2.37. The molecule has 17 heavy (non-hydrogen) atoms. The molecule has 2 aliphatic rings. The molecular weight excluding hydrogens is 212 g/mol. The average Bonchev–Trinajstić information content (AvgIpc) is 3.04. The van der Waals surface area contributed by atoms with Gasteiger partial charge >= 0.3 is 0 Å². The molecule has 3 unspecified atom stereocenters. The van der Waals surface area contributed by atoms with Gasteiger partial charge in [0.15, 0.2) is 0 Å². The number of amides is 1. The third kappa shape index (κ3) is 2.49. The quantitative estimate of drug-likeness (QED) is 0.797. The molecule has 0 radical (unpaired) electrons. The van der Waals surface area contributed by atoms with Gasteiger partial charge in [-0.25, -0.2) is 0 Å². The van der Waals surface area contributed by atoms with Crippen LogP contribution in [0.4, 0.5) is 0 Å². The maximum Gasteiger partial charge on any atom is 0.241 e. The van der Waals surface area contributed by atoms with Crippen molar-refractivity contribution in [3.8, 4) is 0 Å². The lowest BCUT2D eigenvalue weighted by Crippen LogP contribution is -2.44. The van der Waals surface area contributed by atoms with E-state index in [1.165, 1.54) is 12.8 Å². The van der Waals surface area contributed by atoms with Gasteiger partial charge in [0.05, 0.1) is 12.2 Å². The minimum atomic E-state index is 0.0350. The van der Waals surface area contributed by atoms with Crippen molar-refractivity contribution in [3.63, 3.8) is 0 Å². The summed E-state index contributed by atoms with van der Waals surface area (Å²) in [6.07, 6.45) is 5.08. The van der Waals surface area contributed by atoms with Gasteiger partial charge in [0.2, 0.25) is 5.91 Å². The Morgan fingerprint density at radius 1 is 1.35 bits per heavy atom. The van der Waals surface area contributed by atoms with Crippen LogP contribution in [0.5, 0.6) is 0 Å². The van der Waals surface area contributed by atoms with Gasteiger partial charge in [-0.15, -0.1) is 0 Å². The van der Waals surface area contributed by atoms with E-state index in [2.05, 4.69) is 37.9 Å². The standard InChI is InChI=1S/C14H26N2O/c1-5-6-12-15-13(9(2)3)14(17)16(12)10(4)11-7-8-11/h9-13,15H,5-8H2,1-4H3. The molecule has 98 valence electrons. The Labute approximate surface area is 105 Å². The third-order valence-corrected chi connectivity index (χ3v) is 4.20. The summed E-state index contributed by atoms with van der Waals surface area (Å²) in [5.41, 5.74) is 0. The fourth-order valence-corrected chi connectivity index (χ4v) is 2.94. The molecule has 1 N–H and O–H groups in total. The molecule has 0 aromatic rings. The van der Waals surface area contributed by atoms with Crippen molar-refractivity contribution in [2.45, 2.75) is 71.6 Å². The number of hydrogen-bond donors (Lipinski definition) is 1. The van der Waals surface area contributed by atoms with Crippen LogP contribution in [0.25, 0.3) is 0 Å². The summed E-state index contributed by atoms with van der Waals surface area (Å²) in [6, 6.07) is 0.461. The van der Waals surface area contributed by atoms with Crippen molar-refractivity contribution in [3.05, 3.63) is 0 Å². The topological polar surface area (TPSA) is 32.3 Å². The molecule has 0 aromatic carbocycles. The Kier molecular flexibility index (Phi) is 3.76. The molecule has 1 saturated carbocycles. The normalized spacial score (nSPS) is 31.4. The van der Waals surface area contributed by atoms with Crippen LogP contribution in [0.1, 0.15) is 53.4 Å². The molecule has 3 heteroatoms.